The number of hydrogen-bond donors (Lipinski definition) is 2. The Morgan fingerprint density at radius 3 is 2.45 bits per heavy atom. The second-order valence-electron chi connectivity index (χ2n) is 4.48. The summed E-state index contributed by atoms with van der Waals surface area (Å²) in [6.07, 6.45) is 0.901. The van der Waals surface area contributed by atoms with E-state index in [1.807, 2.05) is 18.2 Å². The number of hydrogen-bond acceptors (Lipinski definition) is 3. The molecule has 0 unspecified atom stereocenters. The Morgan fingerprint density at radius 1 is 1.10 bits per heavy atom. The van der Waals surface area contributed by atoms with Crippen LogP contribution in [-0.2, 0) is 13.0 Å². The van der Waals surface area contributed by atoms with Crippen molar-refractivity contribution in [3.05, 3.63) is 63.6 Å². The number of nitrogens with two attached hydrogens (primary N) is 1. The first kappa shape index (κ1) is 14.6. The summed E-state index contributed by atoms with van der Waals surface area (Å²) in [5.41, 5.74) is 9.43. The second kappa shape index (κ2) is 7.09. The Labute approximate surface area is 127 Å². The van der Waals surface area contributed by atoms with E-state index in [-0.39, 0.29) is 0 Å². The molecule has 0 aromatic heterocycles. The Hall–Kier alpha value is -1.83. The van der Waals surface area contributed by atoms with Crippen molar-refractivity contribution >= 4 is 21.6 Å². The number of rotatable bonds is 5. The molecule has 20 heavy (non-hydrogen) atoms. The fourth-order valence-corrected chi connectivity index (χ4v) is 2.43. The molecule has 102 valence electrons. The highest BCUT2D eigenvalue weighted by Gasteiger charge is 2.05. The summed E-state index contributed by atoms with van der Waals surface area (Å²) in [5, 5.41) is 12.5. The summed E-state index contributed by atoms with van der Waals surface area (Å²) < 4.78 is 0.809. The molecule has 0 amide bonds. The predicted molar refractivity (Wildman–Crippen MR) is 85.4 cm³/mol. The minimum absolute atomic E-state index is 0.632. The summed E-state index contributed by atoms with van der Waals surface area (Å²) in [4.78, 5) is 0. The fourth-order valence-electron chi connectivity index (χ4n) is 1.97. The van der Waals surface area contributed by atoms with Crippen LogP contribution in [0.2, 0.25) is 0 Å². The zero-order valence-corrected chi connectivity index (χ0v) is 12.7. The SMILES string of the molecule is N#Cc1c(Br)cccc1NCc1ccc(CCN)cc1. The maximum absolute atomic E-state index is 9.16. The Morgan fingerprint density at radius 2 is 1.80 bits per heavy atom. The Kier molecular flexibility index (Phi) is 5.16. The molecule has 0 bridgehead atoms. The van der Waals surface area contributed by atoms with Gasteiger partial charge in [0.1, 0.15) is 6.07 Å². The highest BCUT2D eigenvalue weighted by Crippen LogP contribution is 2.24. The molecular formula is C16H16BrN3. The number of nitrogens with zero attached hydrogens (tertiary/aromatic N) is 1. The molecule has 0 atom stereocenters. The lowest BCUT2D eigenvalue weighted by Gasteiger charge is -2.10. The molecule has 4 heteroatoms. The summed E-state index contributed by atoms with van der Waals surface area (Å²) in [6.45, 7) is 1.36. The van der Waals surface area contributed by atoms with Gasteiger partial charge in [0.2, 0.25) is 0 Å². The summed E-state index contributed by atoms with van der Waals surface area (Å²) >= 11 is 3.39. The van der Waals surface area contributed by atoms with Crippen LogP contribution in [0.25, 0.3) is 0 Å². The van der Waals surface area contributed by atoms with Crippen LogP contribution in [0.15, 0.2) is 46.9 Å². The van der Waals surface area contributed by atoms with Gasteiger partial charge in [-0.25, -0.2) is 0 Å². The topological polar surface area (TPSA) is 61.8 Å². The molecule has 3 nitrogen and oxygen atoms in total. The number of halogens is 1. The highest BCUT2D eigenvalue weighted by molar-refractivity contribution is 9.10. The summed E-state index contributed by atoms with van der Waals surface area (Å²) in [7, 11) is 0. The molecule has 2 aromatic rings. The van der Waals surface area contributed by atoms with Crippen molar-refractivity contribution in [3.63, 3.8) is 0 Å². The molecule has 0 heterocycles. The Bertz CT molecular complexity index is 615. The average Bonchev–Trinajstić information content (AvgIpc) is 2.47. The van der Waals surface area contributed by atoms with Crippen molar-refractivity contribution in [2.75, 3.05) is 11.9 Å². The van der Waals surface area contributed by atoms with E-state index in [9.17, 15) is 0 Å². The van der Waals surface area contributed by atoms with Crippen LogP contribution in [0.1, 0.15) is 16.7 Å². The van der Waals surface area contributed by atoms with Gasteiger partial charge in [-0.15, -0.1) is 0 Å². The van der Waals surface area contributed by atoms with Gasteiger partial charge in [-0.3, -0.25) is 0 Å². The van der Waals surface area contributed by atoms with Gasteiger partial charge in [0.15, 0.2) is 0 Å². The molecule has 3 N–H and O–H groups in total. The van der Waals surface area contributed by atoms with Crippen LogP contribution < -0.4 is 11.1 Å². The zero-order chi connectivity index (χ0) is 14.4. The van der Waals surface area contributed by atoms with Gasteiger partial charge in [0.25, 0.3) is 0 Å². The molecule has 0 spiro atoms. The average molecular weight is 330 g/mol. The van der Waals surface area contributed by atoms with Gasteiger partial charge in [0, 0.05) is 11.0 Å². The normalized spacial score (nSPS) is 10.1. The van der Waals surface area contributed by atoms with Gasteiger partial charge in [-0.1, -0.05) is 30.3 Å². The first-order chi connectivity index (χ1) is 9.74. The van der Waals surface area contributed by atoms with Gasteiger partial charge >= 0.3 is 0 Å². The molecule has 0 fully saturated rings. The van der Waals surface area contributed by atoms with E-state index in [1.54, 1.807) is 0 Å². The van der Waals surface area contributed by atoms with E-state index in [2.05, 4.69) is 51.6 Å². The molecule has 0 radical (unpaired) electrons. The molecule has 2 aromatic carbocycles. The largest absolute Gasteiger partial charge is 0.380 e. The summed E-state index contributed by atoms with van der Waals surface area (Å²) in [5.74, 6) is 0. The monoisotopic (exact) mass is 329 g/mol. The van der Waals surface area contributed by atoms with Crippen LogP contribution in [-0.4, -0.2) is 6.54 Å². The standard InChI is InChI=1S/C16H16BrN3/c17-15-2-1-3-16(14(15)10-19)20-11-13-6-4-12(5-7-13)8-9-18/h1-7,20H,8-9,11,18H2. The van der Waals surface area contributed by atoms with Gasteiger partial charge in [0.05, 0.1) is 11.3 Å². The fraction of sp³-hybridized carbons (Fsp3) is 0.188. The third-order valence-corrected chi connectivity index (χ3v) is 3.73. The summed E-state index contributed by atoms with van der Waals surface area (Å²) in [6, 6.07) is 16.2. The first-order valence-electron chi connectivity index (χ1n) is 6.45. The van der Waals surface area contributed by atoms with Crippen LogP contribution >= 0.6 is 15.9 Å². The van der Waals surface area contributed by atoms with Crippen LogP contribution in [0, 0.1) is 11.3 Å². The van der Waals surface area contributed by atoms with Crippen molar-refractivity contribution in [3.8, 4) is 6.07 Å². The van der Waals surface area contributed by atoms with Crippen molar-refractivity contribution in [2.45, 2.75) is 13.0 Å². The quantitative estimate of drug-likeness (QED) is 0.883. The van der Waals surface area contributed by atoms with E-state index >= 15 is 0 Å². The number of nitriles is 1. The van der Waals surface area contributed by atoms with E-state index in [0.717, 1.165) is 16.6 Å². The second-order valence-corrected chi connectivity index (χ2v) is 5.34. The maximum atomic E-state index is 9.16. The lowest BCUT2D eigenvalue weighted by molar-refractivity contribution is 0.966. The lowest BCUT2D eigenvalue weighted by atomic mass is 10.1. The molecule has 0 aliphatic heterocycles. The number of nitrogens with one attached hydrogen (secondary N) is 1. The zero-order valence-electron chi connectivity index (χ0n) is 11.1. The molecular weight excluding hydrogens is 314 g/mol. The van der Waals surface area contributed by atoms with E-state index < -0.39 is 0 Å². The van der Waals surface area contributed by atoms with Crippen LogP contribution in [0.3, 0.4) is 0 Å². The Balaban J connectivity index is 2.06. The molecule has 2 rings (SSSR count). The van der Waals surface area contributed by atoms with Gasteiger partial charge in [-0.2, -0.15) is 5.26 Å². The van der Waals surface area contributed by atoms with E-state index in [0.29, 0.717) is 18.7 Å². The van der Waals surface area contributed by atoms with E-state index in [1.165, 1.54) is 11.1 Å². The third-order valence-electron chi connectivity index (χ3n) is 3.06. The first-order valence-corrected chi connectivity index (χ1v) is 7.24. The van der Waals surface area contributed by atoms with Gasteiger partial charge in [-0.05, 0) is 52.2 Å². The van der Waals surface area contributed by atoms with Crippen LogP contribution in [0.4, 0.5) is 5.69 Å². The predicted octanol–water partition coefficient (Wildman–Crippen LogP) is 3.43. The van der Waals surface area contributed by atoms with Crippen molar-refractivity contribution in [1.82, 2.24) is 0 Å². The minimum Gasteiger partial charge on any atom is -0.380 e. The third kappa shape index (κ3) is 3.60. The number of anilines is 1. The van der Waals surface area contributed by atoms with E-state index in [4.69, 9.17) is 11.0 Å². The van der Waals surface area contributed by atoms with Crippen molar-refractivity contribution in [2.24, 2.45) is 5.73 Å². The molecule has 0 aliphatic rings. The lowest BCUT2D eigenvalue weighted by Crippen LogP contribution is -2.04. The smallest absolute Gasteiger partial charge is 0.103 e. The minimum atomic E-state index is 0.632. The molecule has 0 aliphatic carbocycles. The molecule has 0 saturated heterocycles. The maximum Gasteiger partial charge on any atom is 0.103 e. The van der Waals surface area contributed by atoms with Crippen molar-refractivity contribution in [1.29, 1.82) is 5.26 Å². The highest BCUT2D eigenvalue weighted by atomic mass is 79.9. The number of benzene rings is 2. The van der Waals surface area contributed by atoms with Crippen LogP contribution in [0.5, 0.6) is 0 Å². The molecule has 0 saturated carbocycles. The van der Waals surface area contributed by atoms with Crippen molar-refractivity contribution < 1.29 is 0 Å². The van der Waals surface area contributed by atoms with Gasteiger partial charge < -0.3 is 11.1 Å².